The molecule has 0 bridgehead atoms. The van der Waals surface area contributed by atoms with Crippen molar-refractivity contribution in [1.82, 2.24) is 0 Å². The summed E-state index contributed by atoms with van der Waals surface area (Å²) >= 11 is 1.85. The molecule has 0 saturated heterocycles. The minimum Gasteiger partial charge on any atom is -0.454 e. The largest absolute Gasteiger partial charge is 0.454 e. The van der Waals surface area contributed by atoms with Crippen LogP contribution in [-0.4, -0.2) is 0 Å². The molecule has 3 nitrogen and oxygen atoms in total. The van der Waals surface area contributed by atoms with Gasteiger partial charge in [0.2, 0.25) is 0 Å². The molecule has 14 aromatic rings. The van der Waals surface area contributed by atoms with E-state index < -0.39 is 0 Å². The zero-order valence-corrected chi connectivity index (χ0v) is 38.8. The quantitative estimate of drug-likeness (QED) is 0.151. The summed E-state index contributed by atoms with van der Waals surface area (Å²) in [6, 6.07) is 92.4. The number of thiophene rings is 1. The van der Waals surface area contributed by atoms with E-state index in [4.69, 9.17) is 4.42 Å². The molecule has 0 aliphatic heterocycles. The number of hydrogen-bond acceptors (Lipinski definition) is 4. The second-order valence-corrected chi connectivity index (χ2v) is 19.2. The maximum Gasteiger partial charge on any atom is 0.159 e. The molecular formula is C66H42N2OS. The zero-order chi connectivity index (χ0) is 46.1. The highest BCUT2D eigenvalue weighted by Crippen LogP contribution is 2.46. The van der Waals surface area contributed by atoms with Crippen molar-refractivity contribution in [2.75, 3.05) is 9.80 Å². The summed E-state index contributed by atoms with van der Waals surface area (Å²) in [5.74, 6) is 0. The number of fused-ring (bicyclic) bond motifs is 9. The van der Waals surface area contributed by atoms with Gasteiger partial charge in [0.1, 0.15) is 5.58 Å². The van der Waals surface area contributed by atoms with Gasteiger partial charge in [0.25, 0.3) is 0 Å². The molecule has 0 saturated carbocycles. The summed E-state index contributed by atoms with van der Waals surface area (Å²) in [6.45, 7) is 0. The van der Waals surface area contributed by atoms with Crippen molar-refractivity contribution in [2.45, 2.75) is 0 Å². The van der Waals surface area contributed by atoms with Crippen LogP contribution in [0.5, 0.6) is 0 Å². The van der Waals surface area contributed by atoms with Crippen LogP contribution in [0.2, 0.25) is 0 Å². The standard InChI is InChI=1S/C66H42N2OS/c1-2-17-53(18-3-1)68(56-34-36-64-61(41-56)60-39-49-15-8-9-16-50(49)40-65(60)70-64)62-20-10-19-59-58-35-33-57(42-63(58)69-66(59)62)67(54-29-25-45(26-30-54)51-23-21-43-11-4-6-13-47(43)37-51)55-31-27-46(28-32-55)52-24-22-44-12-5-7-14-48(44)38-52/h1-42H. The normalized spacial score (nSPS) is 11.7. The molecule has 0 atom stereocenters. The molecule has 2 heterocycles. The van der Waals surface area contributed by atoms with E-state index in [2.05, 4.69) is 265 Å². The molecule has 0 aliphatic carbocycles. The lowest BCUT2D eigenvalue weighted by Gasteiger charge is -2.26. The van der Waals surface area contributed by atoms with Crippen molar-refractivity contribution in [3.05, 3.63) is 255 Å². The Kier molecular flexibility index (Phi) is 9.39. The summed E-state index contributed by atoms with van der Waals surface area (Å²) in [5.41, 5.74) is 12.6. The molecule has 2 aromatic heterocycles. The zero-order valence-electron chi connectivity index (χ0n) is 38.0. The lowest BCUT2D eigenvalue weighted by Crippen LogP contribution is -2.09. The average Bonchev–Trinajstić information content (AvgIpc) is 3.98. The highest BCUT2D eigenvalue weighted by atomic mass is 32.1. The summed E-state index contributed by atoms with van der Waals surface area (Å²) in [7, 11) is 0. The number of furan rings is 1. The molecule has 12 aromatic carbocycles. The predicted octanol–water partition coefficient (Wildman–Crippen LogP) is 19.7. The Morgan fingerprint density at radius 3 is 1.41 bits per heavy atom. The first-order valence-electron chi connectivity index (χ1n) is 23.8. The van der Waals surface area contributed by atoms with Crippen LogP contribution < -0.4 is 9.80 Å². The van der Waals surface area contributed by atoms with Gasteiger partial charge in [-0.2, -0.15) is 0 Å². The van der Waals surface area contributed by atoms with Crippen LogP contribution in [0.3, 0.4) is 0 Å². The molecule has 4 heteroatoms. The third-order valence-corrected chi connectivity index (χ3v) is 15.1. The topological polar surface area (TPSA) is 19.6 Å². The van der Waals surface area contributed by atoms with Crippen molar-refractivity contribution in [3.8, 4) is 22.3 Å². The third-order valence-electron chi connectivity index (χ3n) is 14.0. The van der Waals surface area contributed by atoms with Crippen molar-refractivity contribution in [2.24, 2.45) is 0 Å². The molecule has 0 radical (unpaired) electrons. The van der Waals surface area contributed by atoms with Gasteiger partial charge in [0.05, 0.1) is 5.69 Å². The number of nitrogens with zero attached hydrogens (tertiary/aromatic N) is 2. The highest BCUT2D eigenvalue weighted by molar-refractivity contribution is 7.25. The van der Waals surface area contributed by atoms with Crippen LogP contribution >= 0.6 is 11.3 Å². The summed E-state index contributed by atoms with van der Waals surface area (Å²) < 4.78 is 9.68. The van der Waals surface area contributed by atoms with Crippen molar-refractivity contribution >= 4 is 120 Å². The fraction of sp³-hybridized carbons (Fsp3) is 0. The van der Waals surface area contributed by atoms with E-state index in [-0.39, 0.29) is 0 Å². The van der Waals surface area contributed by atoms with E-state index in [0.717, 1.165) is 56.1 Å². The fourth-order valence-corrected chi connectivity index (χ4v) is 11.6. The molecule has 70 heavy (non-hydrogen) atoms. The van der Waals surface area contributed by atoms with E-state index in [1.165, 1.54) is 74.7 Å². The van der Waals surface area contributed by atoms with Crippen molar-refractivity contribution < 1.29 is 4.42 Å². The highest BCUT2D eigenvalue weighted by Gasteiger charge is 2.22. The SMILES string of the molecule is c1ccc(N(c2ccc3sc4cc5ccccc5cc4c3c2)c2cccc3c2oc2cc(N(c4ccc(-c5ccc6ccccc6c5)cc4)c4ccc(-c5ccc6ccccc6c5)cc4)ccc23)cc1. The molecular weight excluding hydrogens is 869 g/mol. The van der Waals surface area contributed by atoms with Gasteiger partial charge in [-0.15, -0.1) is 11.3 Å². The van der Waals surface area contributed by atoms with Crippen LogP contribution in [0.4, 0.5) is 34.1 Å². The number of anilines is 6. The van der Waals surface area contributed by atoms with Crippen LogP contribution in [0, 0.1) is 0 Å². The fourth-order valence-electron chi connectivity index (χ4n) is 10.5. The van der Waals surface area contributed by atoms with Gasteiger partial charge in [-0.25, -0.2) is 0 Å². The monoisotopic (exact) mass is 910 g/mol. The Bertz CT molecular complexity index is 4180. The van der Waals surface area contributed by atoms with E-state index >= 15 is 0 Å². The lowest BCUT2D eigenvalue weighted by atomic mass is 10.00. The molecule has 0 spiro atoms. The maximum absolute atomic E-state index is 7.12. The van der Waals surface area contributed by atoms with Gasteiger partial charge in [0, 0.05) is 65.4 Å². The van der Waals surface area contributed by atoms with Crippen LogP contribution in [-0.2, 0) is 0 Å². The van der Waals surface area contributed by atoms with Gasteiger partial charge in [0.15, 0.2) is 5.58 Å². The maximum atomic E-state index is 7.12. The van der Waals surface area contributed by atoms with E-state index in [9.17, 15) is 0 Å². The molecule has 0 fully saturated rings. The first-order valence-corrected chi connectivity index (χ1v) is 24.6. The Balaban J connectivity index is 0.890. The van der Waals surface area contributed by atoms with Crippen LogP contribution in [0.1, 0.15) is 0 Å². The Labute approximate surface area is 408 Å². The second-order valence-electron chi connectivity index (χ2n) is 18.1. The van der Waals surface area contributed by atoms with Gasteiger partial charge in [-0.1, -0.05) is 152 Å². The number of para-hydroxylation sites is 2. The first-order chi connectivity index (χ1) is 34.6. The Morgan fingerprint density at radius 1 is 0.271 bits per heavy atom. The second kappa shape index (κ2) is 16.4. The van der Waals surface area contributed by atoms with Gasteiger partial charge >= 0.3 is 0 Å². The number of hydrogen-bond donors (Lipinski definition) is 0. The molecule has 0 amide bonds. The third kappa shape index (κ3) is 6.88. The van der Waals surface area contributed by atoms with Gasteiger partial charge in [-0.05, 0) is 152 Å². The van der Waals surface area contributed by atoms with E-state index in [1.54, 1.807) is 0 Å². The van der Waals surface area contributed by atoms with Gasteiger partial charge in [-0.3, -0.25) is 0 Å². The molecule has 0 N–H and O–H groups in total. The average molecular weight is 911 g/mol. The molecule has 0 unspecified atom stereocenters. The summed E-state index contributed by atoms with van der Waals surface area (Å²) in [6.07, 6.45) is 0. The minimum atomic E-state index is 0.824. The van der Waals surface area contributed by atoms with Crippen LogP contribution in [0.25, 0.3) is 96.7 Å². The van der Waals surface area contributed by atoms with Gasteiger partial charge < -0.3 is 14.2 Å². The molecule has 14 rings (SSSR count). The van der Waals surface area contributed by atoms with Crippen molar-refractivity contribution in [3.63, 3.8) is 0 Å². The smallest absolute Gasteiger partial charge is 0.159 e. The Hall–Kier alpha value is -8.96. The minimum absolute atomic E-state index is 0.824. The predicted molar refractivity (Wildman–Crippen MR) is 299 cm³/mol. The molecule has 0 aliphatic rings. The number of rotatable bonds is 8. The first kappa shape index (κ1) is 40.1. The molecule has 328 valence electrons. The Morgan fingerprint density at radius 2 is 0.771 bits per heavy atom. The van der Waals surface area contributed by atoms with E-state index in [0.29, 0.717) is 0 Å². The number of benzene rings is 12. The summed E-state index contributed by atoms with van der Waals surface area (Å²) in [5, 5.41) is 12.1. The van der Waals surface area contributed by atoms with E-state index in [1.807, 2.05) is 11.3 Å². The summed E-state index contributed by atoms with van der Waals surface area (Å²) in [4.78, 5) is 4.68. The lowest BCUT2D eigenvalue weighted by molar-refractivity contribution is 0.669. The van der Waals surface area contributed by atoms with Crippen molar-refractivity contribution in [1.29, 1.82) is 0 Å². The van der Waals surface area contributed by atoms with Crippen LogP contribution in [0.15, 0.2) is 259 Å².